The van der Waals surface area contributed by atoms with E-state index in [4.69, 9.17) is 9.90 Å². The van der Waals surface area contributed by atoms with Crippen LogP contribution in [0.2, 0.25) is 0 Å². The van der Waals surface area contributed by atoms with Crippen molar-refractivity contribution >= 4 is 12.5 Å². The van der Waals surface area contributed by atoms with E-state index in [9.17, 15) is 9.90 Å². The summed E-state index contributed by atoms with van der Waals surface area (Å²) in [5.74, 6) is 0.573. The SMILES string of the molecule is CCCCN1CCC(CNC(=O)N2Cc3ccccc3C(O)C2)CC1.O=CO. The molecule has 2 aliphatic heterocycles. The maximum atomic E-state index is 12.5. The number of likely N-dealkylation sites (tertiary alicyclic amines) is 1. The standard InChI is InChI=1S/C20H31N3O2.CH2O2/c1-2-3-10-22-11-8-16(9-12-22)13-21-20(25)23-14-17-6-4-5-7-18(17)19(24)15-23;2-1-3/h4-7,16,19,24H,2-3,8-15H2,1H3,(H,21,25);1H,(H,2,3). The third kappa shape index (κ3) is 6.49. The molecule has 0 bridgehead atoms. The first kappa shape index (κ1) is 22.2. The van der Waals surface area contributed by atoms with E-state index >= 15 is 0 Å². The van der Waals surface area contributed by atoms with Crippen LogP contribution in [0.1, 0.15) is 49.8 Å². The number of urea groups is 1. The minimum Gasteiger partial charge on any atom is -0.483 e. The van der Waals surface area contributed by atoms with Crippen molar-refractivity contribution in [2.45, 2.75) is 45.3 Å². The molecule has 3 N–H and O–H groups in total. The number of aliphatic hydroxyl groups excluding tert-OH is 1. The van der Waals surface area contributed by atoms with Crippen LogP contribution >= 0.6 is 0 Å². The summed E-state index contributed by atoms with van der Waals surface area (Å²) < 4.78 is 0. The van der Waals surface area contributed by atoms with Crippen LogP contribution in [0.4, 0.5) is 4.79 Å². The second-order valence-corrected chi connectivity index (χ2v) is 7.53. The summed E-state index contributed by atoms with van der Waals surface area (Å²) in [6.45, 7) is 7.19. The minimum absolute atomic E-state index is 0.0537. The lowest BCUT2D eigenvalue weighted by atomic mass is 9.96. The van der Waals surface area contributed by atoms with Crippen LogP contribution in [0.15, 0.2) is 24.3 Å². The topological polar surface area (TPSA) is 93.1 Å². The van der Waals surface area contributed by atoms with Gasteiger partial charge in [0.15, 0.2) is 0 Å². The first-order chi connectivity index (χ1) is 13.6. The van der Waals surface area contributed by atoms with Crippen molar-refractivity contribution in [1.29, 1.82) is 0 Å². The number of fused-ring (bicyclic) bond motifs is 1. The number of amides is 2. The monoisotopic (exact) mass is 391 g/mol. The van der Waals surface area contributed by atoms with Gasteiger partial charge in [0.05, 0.1) is 12.6 Å². The van der Waals surface area contributed by atoms with Gasteiger partial charge in [0.2, 0.25) is 0 Å². The highest BCUT2D eigenvalue weighted by molar-refractivity contribution is 5.74. The lowest BCUT2D eigenvalue weighted by Crippen LogP contribution is -2.46. The molecule has 3 rings (SSSR count). The Morgan fingerprint density at radius 1 is 1.29 bits per heavy atom. The molecule has 0 radical (unpaired) electrons. The van der Waals surface area contributed by atoms with Crippen molar-refractivity contribution in [2.24, 2.45) is 5.92 Å². The molecule has 2 aliphatic rings. The predicted octanol–water partition coefficient (Wildman–Crippen LogP) is 2.46. The van der Waals surface area contributed by atoms with Crippen LogP contribution in [-0.4, -0.2) is 65.2 Å². The third-order valence-corrected chi connectivity index (χ3v) is 5.53. The number of benzene rings is 1. The number of β-amino-alcohol motifs (C(OH)–C–C–N with tert-alkyl or cyclic N) is 1. The van der Waals surface area contributed by atoms with Crippen molar-refractivity contribution in [3.63, 3.8) is 0 Å². The number of piperidine rings is 1. The van der Waals surface area contributed by atoms with Crippen molar-refractivity contribution in [3.05, 3.63) is 35.4 Å². The Balaban J connectivity index is 0.000000878. The molecule has 1 fully saturated rings. The molecule has 0 aromatic heterocycles. The Labute approximate surface area is 167 Å². The number of hydrogen-bond donors (Lipinski definition) is 3. The molecule has 2 heterocycles. The molecule has 1 saturated heterocycles. The second-order valence-electron chi connectivity index (χ2n) is 7.53. The molecular weight excluding hydrogens is 358 g/mol. The van der Waals surface area contributed by atoms with E-state index < -0.39 is 6.10 Å². The van der Waals surface area contributed by atoms with Gasteiger partial charge < -0.3 is 25.3 Å². The summed E-state index contributed by atoms with van der Waals surface area (Å²) in [7, 11) is 0. The first-order valence-corrected chi connectivity index (χ1v) is 10.2. The van der Waals surface area contributed by atoms with Crippen LogP contribution < -0.4 is 5.32 Å². The number of nitrogens with zero attached hydrogens (tertiary/aromatic N) is 2. The van der Waals surface area contributed by atoms with Crippen LogP contribution in [0.3, 0.4) is 0 Å². The van der Waals surface area contributed by atoms with Crippen LogP contribution in [0, 0.1) is 5.92 Å². The van der Waals surface area contributed by atoms with Gasteiger partial charge >= 0.3 is 6.03 Å². The maximum Gasteiger partial charge on any atom is 0.317 e. The van der Waals surface area contributed by atoms with Gasteiger partial charge in [0.25, 0.3) is 6.47 Å². The Bertz CT molecular complexity index is 617. The summed E-state index contributed by atoms with van der Waals surface area (Å²) in [5, 5.41) is 20.2. The molecular formula is C21H33N3O4. The van der Waals surface area contributed by atoms with Crippen LogP contribution in [0.25, 0.3) is 0 Å². The van der Waals surface area contributed by atoms with Crippen molar-refractivity contribution in [3.8, 4) is 0 Å². The number of carbonyl (C=O) groups is 2. The van der Waals surface area contributed by atoms with E-state index in [1.165, 1.54) is 19.4 Å². The zero-order valence-corrected chi connectivity index (χ0v) is 16.7. The zero-order chi connectivity index (χ0) is 20.4. The number of hydrogen-bond acceptors (Lipinski definition) is 4. The largest absolute Gasteiger partial charge is 0.483 e. The highest BCUT2D eigenvalue weighted by Gasteiger charge is 2.27. The highest BCUT2D eigenvalue weighted by Crippen LogP contribution is 2.26. The van der Waals surface area contributed by atoms with E-state index in [1.54, 1.807) is 4.90 Å². The molecule has 1 aromatic carbocycles. The summed E-state index contributed by atoms with van der Waals surface area (Å²) in [6.07, 6.45) is 4.27. The number of nitrogens with one attached hydrogen (secondary N) is 1. The quantitative estimate of drug-likeness (QED) is 0.671. The summed E-state index contributed by atoms with van der Waals surface area (Å²) in [4.78, 5) is 25.1. The fraction of sp³-hybridized carbons (Fsp3) is 0.619. The summed E-state index contributed by atoms with van der Waals surface area (Å²) >= 11 is 0. The lowest BCUT2D eigenvalue weighted by Gasteiger charge is -2.34. The first-order valence-electron chi connectivity index (χ1n) is 10.2. The minimum atomic E-state index is -0.586. The van der Waals surface area contributed by atoms with Gasteiger partial charge in [0.1, 0.15) is 0 Å². The molecule has 156 valence electrons. The number of unbranched alkanes of at least 4 members (excludes halogenated alkanes) is 1. The van der Waals surface area contributed by atoms with E-state index in [0.29, 0.717) is 19.0 Å². The van der Waals surface area contributed by atoms with Crippen molar-refractivity contribution in [2.75, 3.05) is 32.7 Å². The van der Waals surface area contributed by atoms with Crippen LogP contribution in [-0.2, 0) is 11.3 Å². The van der Waals surface area contributed by atoms with Gasteiger partial charge in [-0.2, -0.15) is 0 Å². The number of aliphatic hydroxyl groups is 1. The maximum absolute atomic E-state index is 12.5. The van der Waals surface area contributed by atoms with Gasteiger partial charge in [-0.15, -0.1) is 0 Å². The molecule has 0 spiro atoms. The third-order valence-electron chi connectivity index (χ3n) is 5.53. The molecule has 7 heteroatoms. The molecule has 0 saturated carbocycles. The van der Waals surface area contributed by atoms with Gasteiger partial charge in [-0.1, -0.05) is 37.6 Å². The predicted molar refractivity (Wildman–Crippen MR) is 108 cm³/mol. The van der Waals surface area contributed by atoms with E-state index in [2.05, 4.69) is 17.1 Å². The Kier molecular flexibility index (Phi) is 9.23. The van der Waals surface area contributed by atoms with Gasteiger partial charge in [-0.3, -0.25) is 4.79 Å². The van der Waals surface area contributed by atoms with Gasteiger partial charge in [-0.05, 0) is 55.9 Å². The molecule has 2 amide bonds. The van der Waals surface area contributed by atoms with E-state index in [-0.39, 0.29) is 12.5 Å². The van der Waals surface area contributed by atoms with E-state index in [0.717, 1.165) is 43.6 Å². The van der Waals surface area contributed by atoms with Gasteiger partial charge in [-0.25, -0.2) is 4.79 Å². The number of rotatable bonds is 5. The average Bonchev–Trinajstić information content (AvgIpc) is 2.72. The molecule has 1 atom stereocenters. The Hall–Kier alpha value is -2.12. The average molecular weight is 392 g/mol. The summed E-state index contributed by atoms with van der Waals surface area (Å²) in [5.41, 5.74) is 1.99. The number of carbonyl (C=O) groups excluding carboxylic acids is 1. The fourth-order valence-electron chi connectivity index (χ4n) is 3.87. The number of carboxylic acid groups (broad SMARTS) is 1. The smallest absolute Gasteiger partial charge is 0.317 e. The molecule has 0 aliphatic carbocycles. The molecule has 1 aromatic rings. The lowest BCUT2D eigenvalue weighted by molar-refractivity contribution is -0.122. The Morgan fingerprint density at radius 2 is 1.96 bits per heavy atom. The van der Waals surface area contributed by atoms with Crippen LogP contribution in [0.5, 0.6) is 0 Å². The Morgan fingerprint density at radius 3 is 2.64 bits per heavy atom. The molecule has 7 nitrogen and oxygen atoms in total. The highest BCUT2D eigenvalue weighted by atomic mass is 16.3. The van der Waals surface area contributed by atoms with Crippen molar-refractivity contribution < 1.29 is 19.8 Å². The van der Waals surface area contributed by atoms with Gasteiger partial charge in [0, 0.05) is 13.1 Å². The summed E-state index contributed by atoms with van der Waals surface area (Å²) in [6, 6.07) is 7.78. The zero-order valence-electron chi connectivity index (χ0n) is 16.7. The second kappa shape index (κ2) is 11.7. The van der Waals surface area contributed by atoms with E-state index in [1.807, 2.05) is 24.3 Å². The normalized spacial score (nSPS) is 19.9. The molecule has 1 unspecified atom stereocenters. The van der Waals surface area contributed by atoms with Crippen molar-refractivity contribution in [1.82, 2.24) is 15.1 Å². The molecule has 28 heavy (non-hydrogen) atoms. The fourth-order valence-corrected chi connectivity index (χ4v) is 3.87.